The van der Waals surface area contributed by atoms with E-state index < -0.39 is 17.6 Å². The molecule has 0 bridgehead atoms. The molecule has 22 heavy (non-hydrogen) atoms. The standard InChI is InChI=1S/C16H14Cl2O4/c1-8-2-4-9(5-3-8)11(16(21)22)6-10-7-12(17)15(20)13(18)14(10)19/h2-5,7,11,19-20H,6H2,1H3,(H,21,22). The predicted octanol–water partition coefficient (Wildman–Crippen LogP) is 4.12. The maximum atomic E-state index is 11.5. The van der Waals surface area contributed by atoms with E-state index in [1.54, 1.807) is 12.1 Å². The number of carboxylic acids is 1. The van der Waals surface area contributed by atoms with Crippen molar-refractivity contribution in [2.24, 2.45) is 0 Å². The van der Waals surface area contributed by atoms with E-state index in [0.29, 0.717) is 5.56 Å². The van der Waals surface area contributed by atoms with Gasteiger partial charge in [-0.05, 0) is 30.5 Å². The minimum atomic E-state index is -1.02. The number of aliphatic carboxylic acids is 1. The Kier molecular flexibility index (Phi) is 4.84. The first-order chi connectivity index (χ1) is 10.3. The van der Waals surface area contributed by atoms with Crippen LogP contribution in [0.2, 0.25) is 10.0 Å². The molecule has 0 aliphatic heterocycles. The number of aryl methyl sites for hydroxylation is 1. The molecule has 1 atom stereocenters. The molecule has 2 aromatic rings. The van der Waals surface area contributed by atoms with Crippen molar-refractivity contribution in [1.29, 1.82) is 0 Å². The molecule has 1 unspecified atom stereocenters. The molecular formula is C16H14Cl2O4. The van der Waals surface area contributed by atoms with Crippen molar-refractivity contribution in [3.8, 4) is 11.5 Å². The third-order valence-electron chi connectivity index (χ3n) is 3.45. The Morgan fingerprint density at radius 2 is 1.73 bits per heavy atom. The van der Waals surface area contributed by atoms with Gasteiger partial charge < -0.3 is 15.3 Å². The molecule has 0 saturated heterocycles. The van der Waals surface area contributed by atoms with Crippen LogP contribution in [0.3, 0.4) is 0 Å². The topological polar surface area (TPSA) is 77.8 Å². The van der Waals surface area contributed by atoms with Crippen LogP contribution in [-0.2, 0) is 11.2 Å². The van der Waals surface area contributed by atoms with Crippen molar-refractivity contribution in [3.63, 3.8) is 0 Å². The number of aromatic hydroxyl groups is 2. The highest BCUT2D eigenvalue weighted by atomic mass is 35.5. The summed E-state index contributed by atoms with van der Waals surface area (Å²) in [6.07, 6.45) is 0.00392. The number of phenols is 2. The zero-order chi connectivity index (χ0) is 16.4. The number of hydrogen-bond donors (Lipinski definition) is 3. The highest BCUT2D eigenvalue weighted by Gasteiger charge is 2.24. The van der Waals surface area contributed by atoms with Gasteiger partial charge in [0.1, 0.15) is 10.8 Å². The smallest absolute Gasteiger partial charge is 0.311 e. The van der Waals surface area contributed by atoms with Crippen LogP contribution in [0.5, 0.6) is 11.5 Å². The van der Waals surface area contributed by atoms with Gasteiger partial charge in [-0.1, -0.05) is 53.0 Å². The molecule has 116 valence electrons. The monoisotopic (exact) mass is 340 g/mol. The quantitative estimate of drug-likeness (QED) is 0.782. The van der Waals surface area contributed by atoms with Crippen molar-refractivity contribution >= 4 is 29.2 Å². The molecular weight excluding hydrogens is 327 g/mol. The van der Waals surface area contributed by atoms with Gasteiger partial charge in [-0.15, -0.1) is 0 Å². The summed E-state index contributed by atoms with van der Waals surface area (Å²) in [5.41, 5.74) is 1.89. The average Bonchev–Trinajstić information content (AvgIpc) is 2.48. The molecule has 2 aromatic carbocycles. The van der Waals surface area contributed by atoms with Crippen LogP contribution in [0.25, 0.3) is 0 Å². The lowest BCUT2D eigenvalue weighted by Crippen LogP contribution is -2.14. The van der Waals surface area contributed by atoms with Crippen LogP contribution >= 0.6 is 23.2 Å². The highest BCUT2D eigenvalue weighted by Crippen LogP contribution is 2.42. The van der Waals surface area contributed by atoms with Crippen molar-refractivity contribution in [2.45, 2.75) is 19.3 Å². The summed E-state index contributed by atoms with van der Waals surface area (Å²) in [6.45, 7) is 1.91. The summed E-state index contributed by atoms with van der Waals surface area (Å²) in [6, 6.07) is 8.43. The first-order valence-corrected chi connectivity index (χ1v) is 7.25. The zero-order valence-corrected chi connectivity index (χ0v) is 13.2. The van der Waals surface area contributed by atoms with E-state index in [1.165, 1.54) is 6.07 Å². The minimum Gasteiger partial charge on any atom is -0.506 e. The fourth-order valence-corrected chi connectivity index (χ4v) is 2.67. The van der Waals surface area contributed by atoms with E-state index in [-0.39, 0.29) is 27.8 Å². The second kappa shape index (κ2) is 6.46. The fraction of sp³-hybridized carbons (Fsp3) is 0.188. The molecule has 0 heterocycles. The van der Waals surface area contributed by atoms with Crippen LogP contribution in [0.4, 0.5) is 0 Å². The lowest BCUT2D eigenvalue weighted by molar-refractivity contribution is -0.138. The van der Waals surface area contributed by atoms with Gasteiger partial charge in [0.2, 0.25) is 0 Å². The highest BCUT2D eigenvalue weighted by molar-refractivity contribution is 6.38. The molecule has 2 rings (SSSR count). The molecule has 0 fully saturated rings. The first-order valence-electron chi connectivity index (χ1n) is 6.49. The largest absolute Gasteiger partial charge is 0.506 e. The van der Waals surface area contributed by atoms with Gasteiger partial charge >= 0.3 is 5.97 Å². The number of carboxylic acid groups (broad SMARTS) is 1. The lowest BCUT2D eigenvalue weighted by Gasteiger charge is -2.15. The van der Waals surface area contributed by atoms with E-state index in [1.807, 2.05) is 19.1 Å². The summed E-state index contributed by atoms with van der Waals surface area (Å²) in [5, 5.41) is 28.7. The van der Waals surface area contributed by atoms with Gasteiger partial charge in [0, 0.05) is 0 Å². The Balaban J connectivity index is 2.41. The van der Waals surface area contributed by atoms with Crippen LogP contribution in [0, 0.1) is 6.92 Å². The molecule has 0 aliphatic rings. The Bertz CT molecular complexity index is 711. The van der Waals surface area contributed by atoms with E-state index in [9.17, 15) is 20.1 Å². The predicted molar refractivity (Wildman–Crippen MR) is 85.1 cm³/mol. The van der Waals surface area contributed by atoms with Gasteiger partial charge in [-0.25, -0.2) is 0 Å². The van der Waals surface area contributed by atoms with Crippen molar-refractivity contribution in [3.05, 3.63) is 57.1 Å². The summed E-state index contributed by atoms with van der Waals surface area (Å²) in [4.78, 5) is 11.5. The molecule has 6 heteroatoms. The number of phenolic OH excluding ortho intramolecular Hbond substituents is 2. The molecule has 0 aromatic heterocycles. The average molecular weight is 341 g/mol. The van der Waals surface area contributed by atoms with E-state index >= 15 is 0 Å². The molecule has 4 nitrogen and oxygen atoms in total. The van der Waals surface area contributed by atoms with Gasteiger partial charge in [-0.2, -0.15) is 0 Å². The first kappa shape index (κ1) is 16.5. The van der Waals surface area contributed by atoms with Gasteiger partial charge in [0.05, 0.1) is 10.9 Å². The van der Waals surface area contributed by atoms with Crippen molar-refractivity contribution < 1.29 is 20.1 Å². The molecule has 0 radical (unpaired) electrons. The zero-order valence-electron chi connectivity index (χ0n) is 11.7. The Morgan fingerprint density at radius 3 is 2.27 bits per heavy atom. The van der Waals surface area contributed by atoms with Crippen LogP contribution in [0.15, 0.2) is 30.3 Å². The van der Waals surface area contributed by atoms with E-state index in [0.717, 1.165) is 5.56 Å². The molecule has 0 spiro atoms. The second-order valence-corrected chi connectivity index (χ2v) is 5.82. The molecule has 0 saturated carbocycles. The van der Waals surface area contributed by atoms with Gasteiger partial charge in [0.15, 0.2) is 5.75 Å². The van der Waals surface area contributed by atoms with Crippen molar-refractivity contribution in [2.75, 3.05) is 0 Å². The Morgan fingerprint density at radius 1 is 1.14 bits per heavy atom. The summed E-state index contributed by atoms with van der Waals surface area (Å²) >= 11 is 11.6. The Hall–Kier alpha value is -1.91. The third-order valence-corrected chi connectivity index (χ3v) is 4.10. The third kappa shape index (κ3) is 3.29. The molecule has 3 N–H and O–H groups in total. The maximum absolute atomic E-state index is 11.5. The number of halogens is 2. The van der Waals surface area contributed by atoms with Gasteiger partial charge in [-0.3, -0.25) is 4.79 Å². The lowest BCUT2D eigenvalue weighted by atomic mass is 9.91. The second-order valence-electron chi connectivity index (χ2n) is 5.03. The van der Waals surface area contributed by atoms with Crippen LogP contribution < -0.4 is 0 Å². The van der Waals surface area contributed by atoms with Crippen molar-refractivity contribution in [1.82, 2.24) is 0 Å². The number of carbonyl (C=O) groups is 1. The summed E-state index contributed by atoms with van der Waals surface area (Å²) in [7, 11) is 0. The molecule has 0 amide bonds. The summed E-state index contributed by atoms with van der Waals surface area (Å²) in [5.74, 6) is -2.67. The van der Waals surface area contributed by atoms with E-state index in [2.05, 4.69) is 0 Å². The SMILES string of the molecule is Cc1ccc(C(Cc2cc(Cl)c(O)c(Cl)c2O)C(=O)O)cc1. The summed E-state index contributed by atoms with van der Waals surface area (Å²) < 4.78 is 0. The Labute approximate surface area is 137 Å². The minimum absolute atomic E-state index is 0.00392. The maximum Gasteiger partial charge on any atom is 0.311 e. The fourth-order valence-electron chi connectivity index (χ4n) is 2.17. The number of rotatable bonds is 4. The number of benzene rings is 2. The normalized spacial score (nSPS) is 12.1. The molecule has 0 aliphatic carbocycles. The van der Waals surface area contributed by atoms with Crippen LogP contribution in [-0.4, -0.2) is 21.3 Å². The van der Waals surface area contributed by atoms with Crippen LogP contribution in [0.1, 0.15) is 22.6 Å². The number of hydrogen-bond acceptors (Lipinski definition) is 3. The van der Waals surface area contributed by atoms with E-state index in [4.69, 9.17) is 23.2 Å². The van der Waals surface area contributed by atoms with Gasteiger partial charge in [0.25, 0.3) is 0 Å².